The summed E-state index contributed by atoms with van der Waals surface area (Å²) in [4.78, 5) is 10.6. The molecule has 0 spiro atoms. The van der Waals surface area contributed by atoms with Crippen LogP contribution in [0.3, 0.4) is 0 Å². The minimum atomic E-state index is -0.681. The van der Waals surface area contributed by atoms with Crippen molar-refractivity contribution in [3.8, 4) is 5.75 Å². The van der Waals surface area contributed by atoms with E-state index in [9.17, 15) is 4.79 Å². The maximum atomic E-state index is 10.6. The lowest BCUT2D eigenvalue weighted by atomic mass is 9.84. The second-order valence-electron chi connectivity index (χ2n) is 8.96. The molecule has 0 aliphatic carbocycles. The Kier molecular flexibility index (Phi) is 11.2. The molecule has 1 N–H and O–H groups in total. The van der Waals surface area contributed by atoms with E-state index in [1.165, 1.54) is 48.8 Å². The van der Waals surface area contributed by atoms with E-state index in [0.29, 0.717) is 6.42 Å². The number of unbranched alkanes of at least 4 members (excludes halogenated alkanes) is 7. The highest BCUT2D eigenvalue weighted by Crippen LogP contribution is 2.49. The smallest absolute Gasteiger partial charge is 0.303 e. The summed E-state index contributed by atoms with van der Waals surface area (Å²) >= 11 is 2.02. The molecule has 3 rings (SSSR count). The Morgan fingerprint density at radius 1 is 0.686 bits per heavy atom. The number of aliphatic carboxylic acids is 1. The Labute approximate surface area is 214 Å². The Hall–Kier alpha value is -2.72. The lowest BCUT2D eigenvalue weighted by molar-refractivity contribution is -0.137. The Morgan fingerprint density at radius 3 is 1.63 bits per heavy atom. The quantitative estimate of drug-likeness (QED) is 0.162. The molecule has 0 unspecified atom stereocenters. The molecular weight excluding hydrogens is 452 g/mol. The summed E-state index contributed by atoms with van der Waals surface area (Å²) < 4.78 is 5.16. The number of carboxylic acid groups (broad SMARTS) is 1. The highest BCUT2D eigenvalue weighted by Gasteiger charge is 2.36. The van der Waals surface area contributed by atoms with Crippen molar-refractivity contribution in [3.63, 3.8) is 0 Å². The zero-order valence-electron chi connectivity index (χ0n) is 20.8. The van der Waals surface area contributed by atoms with Crippen LogP contribution in [0, 0.1) is 0 Å². The second-order valence-corrected chi connectivity index (χ2v) is 10.3. The molecule has 3 aromatic rings. The van der Waals surface area contributed by atoms with Crippen molar-refractivity contribution in [1.82, 2.24) is 0 Å². The molecule has 3 nitrogen and oxygen atoms in total. The number of hydrogen-bond donors (Lipinski definition) is 1. The van der Waals surface area contributed by atoms with Crippen molar-refractivity contribution in [2.24, 2.45) is 0 Å². The first-order valence-electron chi connectivity index (χ1n) is 12.8. The molecule has 4 heteroatoms. The molecule has 3 aromatic carbocycles. The summed E-state index contributed by atoms with van der Waals surface area (Å²) in [6, 6.07) is 30.2. The average molecular weight is 491 g/mol. The van der Waals surface area contributed by atoms with Gasteiger partial charge in [0.15, 0.2) is 0 Å². The molecule has 0 bridgehead atoms. The summed E-state index contributed by atoms with van der Waals surface area (Å²) in [5.74, 6) is 1.27. The van der Waals surface area contributed by atoms with E-state index < -0.39 is 5.97 Å². The van der Waals surface area contributed by atoms with Crippen LogP contribution < -0.4 is 4.74 Å². The highest BCUT2D eigenvalue weighted by molar-refractivity contribution is 8.00. The third-order valence-electron chi connectivity index (χ3n) is 6.46. The van der Waals surface area contributed by atoms with Gasteiger partial charge in [0.2, 0.25) is 0 Å². The van der Waals surface area contributed by atoms with Crippen molar-refractivity contribution in [2.45, 2.75) is 62.5 Å². The van der Waals surface area contributed by atoms with Crippen LogP contribution in [0.5, 0.6) is 5.75 Å². The summed E-state index contributed by atoms with van der Waals surface area (Å²) in [5, 5.41) is 8.73. The average Bonchev–Trinajstić information content (AvgIpc) is 2.90. The van der Waals surface area contributed by atoms with Crippen LogP contribution in [0.15, 0.2) is 84.9 Å². The van der Waals surface area contributed by atoms with Gasteiger partial charge in [-0.15, -0.1) is 11.8 Å². The van der Waals surface area contributed by atoms with Crippen molar-refractivity contribution >= 4 is 17.7 Å². The summed E-state index contributed by atoms with van der Waals surface area (Å²) in [6.07, 6.45) is 9.37. The van der Waals surface area contributed by atoms with Crippen molar-refractivity contribution < 1.29 is 14.6 Å². The molecule has 0 saturated heterocycles. The summed E-state index contributed by atoms with van der Waals surface area (Å²) in [7, 11) is 1.71. The van der Waals surface area contributed by atoms with E-state index in [2.05, 4.69) is 84.9 Å². The van der Waals surface area contributed by atoms with Gasteiger partial charge >= 0.3 is 5.97 Å². The number of hydrogen-bond acceptors (Lipinski definition) is 3. The number of benzene rings is 3. The Morgan fingerprint density at radius 2 is 1.14 bits per heavy atom. The van der Waals surface area contributed by atoms with Gasteiger partial charge in [0.1, 0.15) is 5.75 Å². The molecule has 0 aliphatic rings. The summed E-state index contributed by atoms with van der Waals surface area (Å²) in [6.45, 7) is 0. The van der Waals surface area contributed by atoms with Gasteiger partial charge in [0, 0.05) is 6.42 Å². The maximum absolute atomic E-state index is 10.6. The molecule has 0 fully saturated rings. The van der Waals surface area contributed by atoms with E-state index in [-0.39, 0.29) is 4.75 Å². The van der Waals surface area contributed by atoms with Crippen LogP contribution in [-0.4, -0.2) is 23.9 Å². The molecule has 35 heavy (non-hydrogen) atoms. The molecule has 0 amide bonds. The van der Waals surface area contributed by atoms with Gasteiger partial charge in [-0.2, -0.15) is 0 Å². The van der Waals surface area contributed by atoms with Gasteiger partial charge in [0.05, 0.1) is 11.9 Å². The zero-order chi connectivity index (χ0) is 24.8. The zero-order valence-corrected chi connectivity index (χ0v) is 21.6. The topological polar surface area (TPSA) is 46.5 Å². The van der Waals surface area contributed by atoms with E-state index in [4.69, 9.17) is 9.84 Å². The number of thioether (sulfide) groups is 1. The SMILES string of the molecule is COc1ccc(C(SCCCCCCCCCCC(=O)O)(c2ccccc2)c2ccccc2)cc1. The van der Waals surface area contributed by atoms with E-state index in [1.807, 2.05) is 11.8 Å². The molecule has 0 heterocycles. The Balaban J connectivity index is 1.66. The summed E-state index contributed by atoms with van der Waals surface area (Å²) in [5.41, 5.74) is 3.85. The van der Waals surface area contributed by atoms with Crippen LogP contribution in [-0.2, 0) is 9.54 Å². The fraction of sp³-hybridized carbons (Fsp3) is 0.387. The molecule has 186 valence electrons. The number of rotatable bonds is 16. The molecular formula is C31H38O3S. The third-order valence-corrected chi connectivity index (χ3v) is 8.09. The van der Waals surface area contributed by atoms with E-state index >= 15 is 0 Å². The molecule has 0 aliphatic heterocycles. The fourth-order valence-corrected chi connectivity index (χ4v) is 6.15. The van der Waals surface area contributed by atoms with Crippen LogP contribution in [0.2, 0.25) is 0 Å². The largest absolute Gasteiger partial charge is 0.497 e. The fourth-order valence-electron chi connectivity index (χ4n) is 4.59. The predicted octanol–water partition coefficient (Wildman–Crippen LogP) is 8.32. The Bertz CT molecular complexity index is 947. The lowest BCUT2D eigenvalue weighted by Gasteiger charge is -2.35. The molecule has 0 radical (unpaired) electrons. The van der Waals surface area contributed by atoms with Gasteiger partial charge in [0.25, 0.3) is 0 Å². The molecule has 0 atom stereocenters. The van der Waals surface area contributed by atoms with E-state index in [0.717, 1.165) is 30.8 Å². The standard InChI is InChI=1S/C31H38O3S/c1-34-29-23-21-28(22-24-29)31(26-16-10-8-11-17-26,27-18-12-9-13-19-27)35-25-15-7-5-3-2-4-6-14-20-30(32)33/h8-13,16-19,21-24H,2-7,14-15,20,25H2,1H3,(H,32,33). The monoisotopic (exact) mass is 490 g/mol. The maximum Gasteiger partial charge on any atom is 0.303 e. The minimum absolute atomic E-state index is 0.279. The van der Waals surface area contributed by atoms with Crippen LogP contribution in [0.4, 0.5) is 0 Å². The highest BCUT2D eigenvalue weighted by atomic mass is 32.2. The minimum Gasteiger partial charge on any atom is -0.497 e. The predicted molar refractivity (Wildman–Crippen MR) is 147 cm³/mol. The number of ether oxygens (including phenoxy) is 1. The van der Waals surface area contributed by atoms with Gasteiger partial charge < -0.3 is 9.84 Å². The molecule has 0 aromatic heterocycles. The number of methoxy groups -OCH3 is 1. The van der Waals surface area contributed by atoms with Crippen LogP contribution in [0.25, 0.3) is 0 Å². The number of carboxylic acids is 1. The molecule has 0 saturated carbocycles. The van der Waals surface area contributed by atoms with E-state index in [1.54, 1.807) is 7.11 Å². The normalized spacial score (nSPS) is 11.3. The van der Waals surface area contributed by atoms with Crippen molar-refractivity contribution in [1.29, 1.82) is 0 Å². The first-order valence-corrected chi connectivity index (χ1v) is 13.8. The lowest BCUT2D eigenvalue weighted by Crippen LogP contribution is -2.26. The van der Waals surface area contributed by atoms with Gasteiger partial charge in [-0.05, 0) is 47.4 Å². The first-order chi connectivity index (χ1) is 17.2. The first kappa shape index (κ1) is 26.9. The second kappa shape index (κ2) is 14.6. The van der Waals surface area contributed by atoms with Gasteiger partial charge in [-0.25, -0.2) is 0 Å². The van der Waals surface area contributed by atoms with Gasteiger partial charge in [-0.1, -0.05) is 111 Å². The van der Waals surface area contributed by atoms with Crippen LogP contribution in [0.1, 0.15) is 74.5 Å². The number of carbonyl (C=O) groups is 1. The third kappa shape index (κ3) is 7.90. The van der Waals surface area contributed by atoms with Crippen LogP contribution >= 0.6 is 11.8 Å². The van der Waals surface area contributed by atoms with Crippen molar-refractivity contribution in [2.75, 3.05) is 12.9 Å². The van der Waals surface area contributed by atoms with Gasteiger partial charge in [-0.3, -0.25) is 4.79 Å². The van der Waals surface area contributed by atoms with Crippen molar-refractivity contribution in [3.05, 3.63) is 102 Å².